The second-order valence-electron chi connectivity index (χ2n) is 4.40. The van der Waals surface area contributed by atoms with Crippen molar-refractivity contribution in [1.29, 1.82) is 0 Å². The van der Waals surface area contributed by atoms with Crippen LogP contribution in [0.2, 0.25) is 5.02 Å². The molecule has 0 unspecified atom stereocenters. The monoisotopic (exact) mass is 283 g/mol. The first-order valence-electron chi connectivity index (χ1n) is 6.31. The predicted molar refractivity (Wildman–Crippen MR) is 76.4 cm³/mol. The predicted octanol–water partition coefficient (Wildman–Crippen LogP) is 1.58. The number of halogens is 1. The van der Waals surface area contributed by atoms with Crippen LogP contribution in [0.1, 0.15) is 6.42 Å². The number of carbonyl (C=O) groups excluding carboxylic acids is 1. The summed E-state index contributed by atoms with van der Waals surface area (Å²) in [5.74, 6) is 0.136. The smallest absolute Gasteiger partial charge is 0.224 e. The number of ether oxygens (including phenoxy) is 1. The molecule has 0 bridgehead atoms. The molecule has 3 N–H and O–H groups in total. The largest absolute Gasteiger partial charge is 0.397 e. The van der Waals surface area contributed by atoms with Crippen LogP contribution in [0.5, 0.6) is 0 Å². The van der Waals surface area contributed by atoms with Crippen LogP contribution in [0.15, 0.2) is 18.2 Å². The van der Waals surface area contributed by atoms with E-state index >= 15 is 0 Å². The molecule has 0 aliphatic carbocycles. The molecule has 2 rings (SSSR count). The van der Waals surface area contributed by atoms with Gasteiger partial charge in [0.25, 0.3) is 0 Å². The minimum Gasteiger partial charge on any atom is -0.397 e. The van der Waals surface area contributed by atoms with Crippen LogP contribution >= 0.6 is 11.6 Å². The van der Waals surface area contributed by atoms with E-state index in [1.54, 1.807) is 18.2 Å². The molecule has 0 spiro atoms. The van der Waals surface area contributed by atoms with Gasteiger partial charge in [0.1, 0.15) is 0 Å². The Morgan fingerprint density at radius 1 is 1.42 bits per heavy atom. The van der Waals surface area contributed by atoms with Gasteiger partial charge in [-0.2, -0.15) is 0 Å². The Balaban J connectivity index is 1.79. The van der Waals surface area contributed by atoms with Gasteiger partial charge in [-0.15, -0.1) is 0 Å². The maximum atomic E-state index is 11.9. The van der Waals surface area contributed by atoms with Gasteiger partial charge in [-0.3, -0.25) is 4.79 Å². The van der Waals surface area contributed by atoms with Crippen LogP contribution in [-0.2, 0) is 9.53 Å². The number of anilines is 2. The first-order chi connectivity index (χ1) is 9.16. The van der Waals surface area contributed by atoms with Gasteiger partial charge < -0.3 is 20.7 Å². The van der Waals surface area contributed by atoms with Gasteiger partial charge in [0, 0.05) is 31.1 Å². The minimum atomic E-state index is 0.136. The number of nitrogens with zero attached hydrogens (tertiary/aromatic N) is 1. The zero-order valence-corrected chi connectivity index (χ0v) is 11.4. The molecule has 0 radical (unpaired) electrons. The number of hydrogen-bond acceptors (Lipinski definition) is 4. The third-order valence-electron chi connectivity index (χ3n) is 3.03. The van der Waals surface area contributed by atoms with Gasteiger partial charge in [-0.25, -0.2) is 0 Å². The molecule has 1 saturated heterocycles. The standard InChI is InChI=1S/C13H18ClN3O2/c14-10-1-2-11(15)12(9-10)16-4-3-13(18)17-5-7-19-8-6-17/h1-2,9,16H,3-8,15H2. The van der Waals surface area contributed by atoms with E-state index in [0.717, 1.165) is 5.69 Å². The lowest BCUT2D eigenvalue weighted by Gasteiger charge is -2.27. The molecule has 0 saturated carbocycles. The van der Waals surface area contributed by atoms with Crippen molar-refractivity contribution in [2.75, 3.05) is 43.9 Å². The van der Waals surface area contributed by atoms with E-state index in [9.17, 15) is 4.79 Å². The van der Waals surface area contributed by atoms with Crippen molar-refractivity contribution in [2.45, 2.75) is 6.42 Å². The molecule has 0 atom stereocenters. The van der Waals surface area contributed by atoms with E-state index in [-0.39, 0.29) is 5.91 Å². The van der Waals surface area contributed by atoms with Crippen LogP contribution in [0.3, 0.4) is 0 Å². The maximum absolute atomic E-state index is 11.9. The van der Waals surface area contributed by atoms with E-state index in [1.807, 2.05) is 4.90 Å². The summed E-state index contributed by atoms with van der Waals surface area (Å²) in [6.45, 7) is 3.15. The molecule has 1 heterocycles. The lowest BCUT2D eigenvalue weighted by atomic mass is 10.2. The molecule has 1 amide bonds. The highest BCUT2D eigenvalue weighted by Crippen LogP contribution is 2.22. The molecular weight excluding hydrogens is 266 g/mol. The summed E-state index contributed by atoms with van der Waals surface area (Å²) in [7, 11) is 0. The number of hydrogen-bond donors (Lipinski definition) is 2. The fourth-order valence-electron chi connectivity index (χ4n) is 1.96. The van der Waals surface area contributed by atoms with Gasteiger partial charge in [-0.1, -0.05) is 11.6 Å². The Morgan fingerprint density at radius 3 is 2.89 bits per heavy atom. The van der Waals surface area contributed by atoms with Crippen molar-refractivity contribution in [1.82, 2.24) is 4.90 Å². The quantitative estimate of drug-likeness (QED) is 0.824. The summed E-state index contributed by atoms with van der Waals surface area (Å²) in [6.07, 6.45) is 0.436. The number of nitrogens with two attached hydrogens (primary N) is 1. The molecule has 104 valence electrons. The molecule has 1 aliphatic heterocycles. The molecule has 0 aromatic heterocycles. The molecule has 19 heavy (non-hydrogen) atoms. The van der Waals surface area contributed by atoms with E-state index in [1.165, 1.54) is 0 Å². The normalized spacial score (nSPS) is 15.3. The van der Waals surface area contributed by atoms with Crippen LogP contribution in [0.25, 0.3) is 0 Å². The molecular formula is C13H18ClN3O2. The average molecular weight is 284 g/mol. The van der Waals surface area contributed by atoms with Gasteiger partial charge in [0.15, 0.2) is 0 Å². The van der Waals surface area contributed by atoms with Gasteiger partial charge in [0.2, 0.25) is 5.91 Å². The zero-order valence-electron chi connectivity index (χ0n) is 10.7. The number of carbonyl (C=O) groups is 1. The van der Waals surface area contributed by atoms with Gasteiger partial charge in [-0.05, 0) is 18.2 Å². The third kappa shape index (κ3) is 4.01. The molecule has 6 heteroatoms. The summed E-state index contributed by atoms with van der Waals surface area (Å²) in [6, 6.07) is 5.24. The molecule has 1 aromatic carbocycles. The van der Waals surface area contributed by atoms with E-state index < -0.39 is 0 Å². The van der Waals surface area contributed by atoms with E-state index in [0.29, 0.717) is 50.0 Å². The van der Waals surface area contributed by atoms with Gasteiger partial charge in [0.05, 0.1) is 24.6 Å². The summed E-state index contributed by atoms with van der Waals surface area (Å²) in [5, 5.41) is 3.76. The number of rotatable bonds is 4. The van der Waals surface area contributed by atoms with Crippen molar-refractivity contribution < 1.29 is 9.53 Å². The Hall–Kier alpha value is -1.46. The third-order valence-corrected chi connectivity index (χ3v) is 3.27. The molecule has 1 fully saturated rings. The fraction of sp³-hybridized carbons (Fsp3) is 0.462. The first-order valence-corrected chi connectivity index (χ1v) is 6.69. The molecule has 5 nitrogen and oxygen atoms in total. The maximum Gasteiger partial charge on any atom is 0.224 e. The van der Waals surface area contributed by atoms with Gasteiger partial charge >= 0.3 is 0 Å². The number of nitrogen functional groups attached to an aromatic ring is 1. The first kappa shape index (κ1) is 14.0. The highest BCUT2D eigenvalue weighted by molar-refractivity contribution is 6.31. The average Bonchev–Trinajstić information content (AvgIpc) is 2.43. The van der Waals surface area contributed by atoms with E-state index in [2.05, 4.69) is 5.32 Å². The lowest BCUT2D eigenvalue weighted by Crippen LogP contribution is -2.41. The fourth-order valence-corrected chi connectivity index (χ4v) is 2.13. The van der Waals surface area contributed by atoms with Crippen LogP contribution in [0, 0.1) is 0 Å². The second-order valence-corrected chi connectivity index (χ2v) is 4.84. The van der Waals surface area contributed by atoms with E-state index in [4.69, 9.17) is 22.1 Å². The van der Waals surface area contributed by atoms with Crippen LogP contribution < -0.4 is 11.1 Å². The Labute approximate surface area is 117 Å². The summed E-state index contributed by atoms with van der Waals surface area (Å²) >= 11 is 5.90. The van der Waals surface area contributed by atoms with Crippen molar-refractivity contribution in [2.24, 2.45) is 0 Å². The number of nitrogens with one attached hydrogen (secondary N) is 1. The highest BCUT2D eigenvalue weighted by atomic mass is 35.5. The Morgan fingerprint density at radius 2 is 2.16 bits per heavy atom. The number of benzene rings is 1. The Kier molecular flexibility index (Phi) is 4.87. The summed E-state index contributed by atoms with van der Waals surface area (Å²) < 4.78 is 5.21. The van der Waals surface area contributed by atoms with Crippen LogP contribution in [-0.4, -0.2) is 43.7 Å². The van der Waals surface area contributed by atoms with Crippen molar-refractivity contribution >= 4 is 28.9 Å². The SMILES string of the molecule is Nc1ccc(Cl)cc1NCCC(=O)N1CCOCC1. The Bertz CT molecular complexity index is 448. The van der Waals surface area contributed by atoms with Crippen molar-refractivity contribution in [3.05, 3.63) is 23.2 Å². The topological polar surface area (TPSA) is 67.6 Å². The summed E-state index contributed by atoms with van der Waals surface area (Å²) in [5.41, 5.74) is 7.21. The van der Waals surface area contributed by atoms with Crippen molar-refractivity contribution in [3.8, 4) is 0 Å². The zero-order chi connectivity index (χ0) is 13.7. The second kappa shape index (κ2) is 6.63. The lowest BCUT2D eigenvalue weighted by molar-refractivity contribution is -0.134. The summed E-state index contributed by atoms with van der Waals surface area (Å²) in [4.78, 5) is 13.7. The minimum absolute atomic E-state index is 0.136. The number of morpholine rings is 1. The molecule has 1 aliphatic rings. The highest BCUT2D eigenvalue weighted by Gasteiger charge is 2.16. The van der Waals surface area contributed by atoms with Crippen LogP contribution in [0.4, 0.5) is 11.4 Å². The number of amides is 1. The van der Waals surface area contributed by atoms with Crippen molar-refractivity contribution in [3.63, 3.8) is 0 Å². The molecule has 1 aromatic rings.